The number of rotatable bonds is 26. The second-order valence-electron chi connectivity index (χ2n) is 12.6. The Kier molecular flexibility index (Phi) is 17.3. The first kappa shape index (κ1) is 45.0. The lowest BCUT2D eigenvalue weighted by atomic mass is 9.75. The molecule has 4 aromatic rings. The molecule has 17 nitrogen and oxygen atoms in total. The maximum atomic E-state index is 13.2. The predicted octanol–water partition coefficient (Wildman–Crippen LogP) is 4.21. The summed E-state index contributed by atoms with van der Waals surface area (Å²) in [5.74, 6) is -5.83. The van der Waals surface area contributed by atoms with Gasteiger partial charge in [-0.15, -0.1) is 0 Å². The van der Waals surface area contributed by atoms with Crippen molar-refractivity contribution < 1.29 is 82.5 Å². The van der Waals surface area contributed by atoms with Crippen molar-refractivity contribution in [3.05, 3.63) is 106 Å². The van der Waals surface area contributed by atoms with Crippen LogP contribution in [0.1, 0.15) is 48.9 Å². The van der Waals surface area contributed by atoms with Crippen LogP contribution >= 0.6 is 0 Å². The summed E-state index contributed by atoms with van der Waals surface area (Å²) in [5, 5.41) is 55.0. The van der Waals surface area contributed by atoms with E-state index in [0.29, 0.717) is 5.56 Å². The summed E-state index contributed by atoms with van der Waals surface area (Å²) >= 11 is 0. The summed E-state index contributed by atoms with van der Waals surface area (Å²) in [7, 11) is 5.35. The number of aromatic carboxylic acids is 2. The van der Waals surface area contributed by atoms with E-state index in [1.807, 2.05) is 12.1 Å². The van der Waals surface area contributed by atoms with Crippen molar-refractivity contribution in [2.45, 2.75) is 31.2 Å². The number of aliphatic hydroxyl groups is 3. The average Bonchev–Trinajstić information content (AvgIpc) is 3.24. The molecule has 0 bridgehead atoms. The van der Waals surface area contributed by atoms with Crippen LogP contribution in [0, 0.1) is 0 Å². The van der Waals surface area contributed by atoms with Gasteiger partial charge in [0.1, 0.15) is 18.8 Å². The number of carboxylic acid groups (broad SMARTS) is 2. The van der Waals surface area contributed by atoms with Gasteiger partial charge in [0.05, 0.1) is 24.3 Å². The van der Waals surface area contributed by atoms with Crippen molar-refractivity contribution >= 4 is 11.9 Å². The first-order valence-electron chi connectivity index (χ1n) is 17.7. The molecule has 0 fully saturated rings. The Labute approximate surface area is 334 Å². The van der Waals surface area contributed by atoms with Gasteiger partial charge in [0.2, 0.25) is 11.5 Å². The Balaban J connectivity index is 2.10. The van der Waals surface area contributed by atoms with Crippen LogP contribution in [-0.4, -0.2) is 112 Å². The summed E-state index contributed by atoms with van der Waals surface area (Å²) in [5.41, 5.74) is -2.64. The van der Waals surface area contributed by atoms with Gasteiger partial charge in [-0.2, -0.15) is 0 Å². The molecular formula is C41H48O17. The molecule has 0 aromatic heterocycles. The summed E-state index contributed by atoms with van der Waals surface area (Å²) in [6.07, 6.45) is -0.648. The van der Waals surface area contributed by atoms with E-state index in [1.54, 1.807) is 48.5 Å². The number of hydrogen-bond donors (Lipinski definition) is 5. The number of ether oxygens (including phenoxy) is 10. The minimum atomic E-state index is -2.58. The van der Waals surface area contributed by atoms with Crippen molar-refractivity contribution in [1.29, 1.82) is 0 Å². The van der Waals surface area contributed by atoms with E-state index >= 15 is 0 Å². The van der Waals surface area contributed by atoms with Crippen LogP contribution in [0.25, 0.3) is 0 Å². The quantitative estimate of drug-likeness (QED) is 0.0560. The smallest absolute Gasteiger partial charge is 0.336 e. The Morgan fingerprint density at radius 3 is 1.41 bits per heavy atom. The molecule has 0 aliphatic heterocycles. The molecule has 0 spiro atoms. The second kappa shape index (κ2) is 22.3. The third kappa shape index (κ3) is 11.3. The normalized spacial score (nSPS) is 11.8. The van der Waals surface area contributed by atoms with E-state index in [1.165, 1.54) is 28.4 Å². The van der Waals surface area contributed by atoms with Gasteiger partial charge in [-0.1, -0.05) is 60.7 Å². The van der Waals surface area contributed by atoms with Gasteiger partial charge in [-0.05, 0) is 29.7 Å². The van der Waals surface area contributed by atoms with E-state index in [9.17, 15) is 35.1 Å². The molecule has 0 aliphatic rings. The molecule has 0 saturated carbocycles. The molecular weight excluding hydrogens is 764 g/mol. The number of aliphatic hydroxyl groups excluding tert-OH is 2. The number of hydrogen-bond acceptors (Lipinski definition) is 15. The van der Waals surface area contributed by atoms with Crippen molar-refractivity contribution in [2.75, 3.05) is 68.8 Å². The largest absolute Gasteiger partial charge is 0.482 e. The van der Waals surface area contributed by atoms with Crippen LogP contribution < -0.4 is 28.4 Å². The van der Waals surface area contributed by atoms with Gasteiger partial charge >= 0.3 is 11.9 Å². The van der Waals surface area contributed by atoms with Crippen LogP contribution in [0.4, 0.5) is 0 Å². The zero-order valence-corrected chi connectivity index (χ0v) is 32.5. The monoisotopic (exact) mass is 812 g/mol. The van der Waals surface area contributed by atoms with Crippen LogP contribution in [0.2, 0.25) is 0 Å². The molecule has 17 heteroatoms. The molecule has 4 aromatic carbocycles. The summed E-state index contributed by atoms with van der Waals surface area (Å²) in [6, 6.07) is 20.2. The topological polar surface area (TPSA) is 228 Å². The Hall–Kier alpha value is -5.66. The molecule has 0 aliphatic carbocycles. The summed E-state index contributed by atoms with van der Waals surface area (Å²) < 4.78 is 56.7. The first-order chi connectivity index (χ1) is 28.1. The highest BCUT2D eigenvalue weighted by Gasteiger charge is 2.44. The maximum Gasteiger partial charge on any atom is 0.336 e. The molecule has 314 valence electrons. The van der Waals surface area contributed by atoms with E-state index in [2.05, 4.69) is 0 Å². The summed E-state index contributed by atoms with van der Waals surface area (Å²) in [4.78, 5) is 26.3. The minimum absolute atomic E-state index is 0.0523. The molecule has 0 amide bonds. The lowest BCUT2D eigenvalue weighted by Gasteiger charge is -2.36. The Morgan fingerprint density at radius 2 is 0.983 bits per heavy atom. The van der Waals surface area contributed by atoms with Gasteiger partial charge in [0.15, 0.2) is 50.2 Å². The van der Waals surface area contributed by atoms with Gasteiger partial charge in [-0.25, -0.2) is 9.59 Å². The fourth-order valence-electron chi connectivity index (χ4n) is 5.96. The Bertz CT molecular complexity index is 1920. The van der Waals surface area contributed by atoms with Gasteiger partial charge in [0.25, 0.3) is 0 Å². The standard InChI is InChI=1S/C41H48O17/c1-49-22-55-32-16-29(39(44)45)28(35(57-24-51-3)36(32)53-18-26-11-7-5-8-12-26)15-31(41(48,20-42)21-43)34-30(40(46)47)17-33(56-23-50-2)37(38(34)58-25-52-4)54-19-27-13-9-6-10-14-27/h5-14,16-17,31,42-43,48H,15,18-25H2,1-4H3,(H,44,45)(H,46,47). The third-order valence-corrected chi connectivity index (χ3v) is 8.72. The fourth-order valence-corrected chi connectivity index (χ4v) is 5.96. The lowest BCUT2D eigenvalue weighted by Crippen LogP contribution is -2.45. The molecule has 4 rings (SSSR count). The molecule has 5 N–H and O–H groups in total. The maximum absolute atomic E-state index is 13.2. The van der Waals surface area contributed by atoms with Gasteiger partial charge in [0, 0.05) is 45.5 Å². The van der Waals surface area contributed by atoms with Crippen LogP contribution in [-0.2, 0) is 38.6 Å². The molecule has 0 radical (unpaired) electrons. The van der Waals surface area contributed by atoms with E-state index in [-0.39, 0.29) is 72.4 Å². The van der Waals surface area contributed by atoms with Gasteiger partial charge < -0.3 is 72.9 Å². The molecule has 0 saturated heterocycles. The minimum Gasteiger partial charge on any atom is -0.482 e. The van der Waals surface area contributed by atoms with Crippen LogP contribution in [0.3, 0.4) is 0 Å². The van der Waals surface area contributed by atoms with Crippen molar-refractivity contribution in [1.82, 2.24) is 0 Å². The van der Waals surface area contributed by atoms with Crippen molar-refractivity contribution in [3.8, 4) is 34.5 Å². The first-order valence-corrected chi connectivity index (χ1v) is 17.7. The lowest BCUT2D eigenvalue weighted by molar-refractivity contribution is -0.0753. The number of carboxylic acids is 2. The highest BCUT2D eigenvalue weighted by atomic mass is 16.7. The van der Waals surface area contributed by atoms with Crippen molar-refractivity contribution in [3.63, 3.8) is 0 Å². The zero-order chi connectivity index (χ0) is 42.1. The van der Waals surface area contributed by atoms with E-state index in [0.717, 1.165) is 17.7 Å². The SMILES string of the molecule is COCOc1cc(C(=O)O)c(CC(c2c(C(=O)O)cc(OCOC)c(OCc3ccccc3)c2OCOC)C(O)(CO)CO)c(OCOC)c1OCc1ccccc1. The molecule has 1 atom stereocenters. The number of carbonyl (C=O) groups is 2. The summed E-state index contributed by atoms with van der Waals surface area (Å²) in [6.45, 7) is -4.05. The average molecular weight is 813 g/mol. The van der Waals surface area contributed by atoms with Crippen LogP contribution in [0.5, 0.6) is 34.5 Å². The highest BCUT2D eigenvalue weighted by Crippen LogP contribution is 2.52. The number of methoxy groups -OCH3 is 4. The third-order valence-electron chi connectivity index (χ3n) is 8.72. The predicted molar refractivity (Wildman–Crippen MR) is 204 cm³/mol. The number of benzene rings is 4. The highest BCUT2D eigenvalue weighted by molar-refractivity contribution is 5.93. The molecule has 58 heavy (non-hydrogen) atoms. The van der Waals surface area contributed by atoms with E-state index < -0.39 is 67.8 Å². The van der Waals surface area contributed by atoms with Gasteiger partial charge in [-0.3, -0.25) is 0 Å². The molecule has 1 unspecified atom stereocenters. The van der Waals surface area contributed by atoms with Crippen molar-refractivity contribution in [2.24, 2.45) is 0 Å². The Morgan fingerprint density at radius 1 is 0.569 bits per heavy atom. The second-order valence-corrected chi connectivity index (χ2v) is 12.6. The molecule has 0 heterocycles. The van der Waals surface area contributed by atoms with E-state index in [4.69, 9.17) is 47.4 Å². The zero-order valence-electron chi connectivity index (χ0n) is 32.5. The van der Waals surface area contributed by atoms with Crippen LogP contribution in [0.15, 0.2) is 72.8 Å². The fraction of sp³-hybridized carbons (Fsp3) is 0.366.